The number of nitrogens with one attached hydrogen (secondary N) is 1. The molecule has 0 bridgehead atoms. The fraction of sp³-hybridized carbons (Fsp3) is 1.00. The third kappa shape index (κ3) is 30.1. The fourth-order valence-corrected chi connectivity index (χ4v) is 0. The molecule has 34 valence electrons. The maximum atomic E-state index is 2.75. The van der Waals surface area contributed by atoms with Gasteiger partial charge in [-0.2, -0.15) is 0 Å². The molecule has 0 saturated carbocycles. The molecule has 2 radical (unpaired) electrons. The van der Waals surface area contributed by atoms with Crippen molar-refractivity contribution in [2.24, 2.45) is 0 Å². The maximum absolute atomic E-state index is 2.75. The van der Waals surface area contributed by atoms with E-state index in [-0.39, 0.29) is 47.9 Å². The molecule has 0 heterocycles. The molecule has 1 nitrogen and oxygen atoms in total. The Morgan fingerprint density at radius 2 is 1.20 bits per heavy atom. The van der Waals surface area contributed by atoms with E-state index in [1.807, 2.05) is 14.1 Å². The topological polar surface area (TPSA) is 12.0 Å². The number of hydrogen-bond acceptors (Lipinski definition) is 1. The predicted molar refractivity (Wildman–Crippen MR) is 38.9 cm³/mol. The van der Waals surface area contributed by atoms with Gasteiger partial charge in [0.1, 0.15) is 0 Å². The SMILES string of the molecule is CNC.I.[SnH2]. The Kier molecular flexibility index (Phi) is 57.4. The summed E-state index contributed by atoms with van der Waals surface area (Å²) in [5.74, 6) is 0. The summed E-state index contributed by atoms with van der Waals surface area (Å²) in [4.78, 5) is 0. The zero-order chi connectivity index (χ0) is 2.71. The van der Waals surface area contributed by atoms with E-state index in [1.54, 1.807) is 0 Å². The van der Waals surface area contributed by atoms with E-state index in [0.29, 0.717) is 0 Å². The van der Waals surface area contributed by atoms with Crippen LogP contribution in [0.25, 0.3) is 0 Å². The molecule has 3 heteroatoms. The van der Waals surface area contributed by atoms with E-state index in [4.69, 9.17) is 0 Å². The van der Waals surface area contributed by atoms with Crippen LogP contribution in [0.4, 0.5) is 0 Å². The third-order valence-electron chi connectivity index (χ3n) is 0. The summed E-state index contributed by atoms with van der Waals surface area (Å²) in [6.45, 7) is 0. The molecular weight excluding hydrogens is 284 g/mol. The average molecular weight is 294 g/mol. The van der Waals surface area contributed by atoms with Gasteiger partial charge >= 0.3 is 23.9 Å². The van der Waals surface area contributed by atoms with Gasteiger partial charge in [-0.3, -0.25) is 0 Å². The van der Waals surface area contributed by atoms with Gasteiger partial charge in [-0.15, -0.1) is 24.0 Å². The van der Waals surface area contributed by atoms with Crippen LogP contribution < -0.4 is 5.32 Å². The first-order chi connectivity index (χ1) is 1.41. The van der Waals surface area contributed by atoms with Crippen LogP contribution in [0.3, 0.4) is 0 Å². The van der Waals surface area contributed by atoms with Crippen LogP contribution >= 0.6 is 24.0 Å². The molecule has 5 heavy (non-hydrogen) atoms. The average Bonchev–Trinajstić information content (AvgIpc) is 0.918. The molecule has 1 N–H and O–H groups in total. The van der Waals surface area contributed by atoms with Gasteiger partial charge < -0.3 is 5.32 Å². The molecule has 0 saturated heterocycles. The molecular formula is C2H10INSn. The molecule has 0 spiro atoms. The van der Waals surface area contributed by atoms with Crippen molar-refractivity contribution in [3.8, 4) is 0 Å². The van der Waals surface area contributed by atoms with Gasteiger partial charge in [0.25, 0.3) is 0 Å². The number of hydrogen-bond donors (Lipinski definition) is 1. The summed E-state index contributed by atoms with van der Waals surface area (Å²) < 4.78 is 0. The molecule has 0 atom stereocenters. The van der Waals surface area contributed by atoms with E-state index >= 15 is 0 Å². The molecule has 0 aliphatic carbocycles. The Hall–Kier alpha value is 1.49. The molecule has 0 aromatic heterocycles. The standard InChI is InChI=1S/C2H7N.HI.Sn.2H/c1-3-2;;;;/h3H,1-2H3;1H;;;. The van der Waals surface area contributed by atoms with E-state index in [1.165, 1.54) is 0 Å². The monoisotopic (exact) mass is 295 g/mol. The molecule has 0 aromatic carbocycles. The molecule has 0 unspecified atom stereocenters. The Bertz CT molecular complexity index is 9.61. The van der Waals surface area contributed by atoms with Crippen LogP contribution in [0, 0.1) is 0 Å². The van der Waals surface area contributed by atoms with Crippen LogP contribution in [0.15, 0.2) is 0 Å². The van der Waals surface area contributed by atoms with Crippen LogP contribution in [-0.4, -0.2) is 38.0 Å². The second-order valence-corrected chi connectivity index (χ2v) is 0.500. The summed E-state index contributed by atoms with van der Waals surface area (Å²) in [5, 5.41) is 2.75. The summed E-state index contributed by atoms with van der Waals surface area (Å²) in [6, 6.07) is 0. The van der Waals surface area contributed by atoms with Crippen molar-refractivity contribution in [3.63, 3.8) is 0 Å². The second kappa shape index (κ2) is 17.9. The minimum atomic E-state index is 0. The van der Waals surface area contributed by atoms with Crippen molar-refractivity contribution in [2.75, 3.05) is 14.1 Å². The first-order valence-corrected chi connectivity index (χ1v) is 1.00. The van der Waals surface area contributed by atoms with Crippen molar-refractivity contribution in [1.29, 1.82) is 0 Å². The number of halogens is 1. The van der Waals surface area contributed by atoms with Crippen molar-refractivity contribution >= 4 is 47.9 Å². The quantitative estimate of drug-likeness (QED) is 0.471. The molecule has 0 amide bonds. The number of rotatable bonds is 0. The van der Waals surface area contributed by atoms with Gasteiger partial charge in [-0.05, 0) is 14.1 Å². The molecule has 0 rings (SSSR count). The van der Waals surface area contributed by atoms with E-state index in [2.05, 4.69) is 5.32 Å². The Labute approximate surface area is 66.9 Å². The van der Waals surface area contributed by atoms with Gasteiger partial charge in [0.15, 0.2) is 0 Å². The normalized spacial score (nSPS) is 3.60. The van der Waals surface area contributed by atoms with Crippen molar-refractivity contribution in [2.45, 2.75) is 0 Å². The van der Waals surface area contributed by atoms with Crippen molar-refractivity contribution < 1.29 is 0 Å². The van der Waals surface area contributed by atoms with E-state index < -0.39 is 0 Å². The van der Waals surface area contributed by atoms with Gasteiger partial charge in [0, 0.05) is 0 Å². The fourth-order valence-electron chi connectivity index (χ4n) is 0. The van der Waals surface area contributed by atoms with E-state index in [9.17, 15) is 0 Å². The molecule has 0 aromatic rings. The predicted octanol–water partition coefficient (Wildman–Crippen LogP) is -0.463. The second-order valence-electron chi connectivity index (χ2n) is 0.500. The van der Waals surface area contributed by atoms with Crippen LogP contribution in [-0.2, 0) is 0 Å². The van der Waals surface area contributed by atoms with Crippen LogP contribution in [0.5, 0.6) is 0 Å². The summed E-state index contributed by atoms with van der Waals surface area (Å²) >= 11 is 0. The van der Waals surface area contributed by atoms with Crippen LogP contribution in [0.2, 0.25) is 0 Å². The first kappa shape index (κ1) is 16.1. The third-order valence-corrected chi connectivity index (χ3v) is 0. The molecule has 0 aliphatic rings. The van der Waals surface area contributed by atoms with Crippen molar-refractivity contribution in [3.05, 3.63) is 0 Å². The van der Waals surface area contributed by atoms with Crippen LogP contribution in [0.1, 0.15) is 0 Å². The Morgan fingerprint density at radius 3 is 1.20 bits per heavy atom. The van der Waals surface area contributed by atoms with Gasteiger partial charge in [-0.1, -0.05) is 0 Å². The van der Waals surface area contributed by atoms with Crippen molar-refractivity contribution in [1.82, 2.24) is 5.32 Å². The first-order valence-electron chi connectivity index (χ1n) is 1.00. The summed E-state index contributed by atoms with van der Waals surface area (Å²) in [5.41, 5.74) is 0. The zero-order valence-electron chi connectivity index (χ0n) is 3.62. The summed E-state index contributed by atoms with van der Waals surface area (Å²) in [6.07, 6.45) is 0. The molecule has 0 aliphatic heterocycles. The van der Waals surface area contributed by atoms with E-state index in [0.717, 1.165) is 0 Å². The minimum absolute atomic E-state index is 0. The summed E-state index contributed by atoms with van der Waals surface area (Å²) in [7, 11) is 3.75. The Balaban J connectivity index is -0.0000000200. The molecule has 0 fully saturated rings. The van der Waals surface area contributed by atoms with Gasteiger partial charge in [0.2, 0.25) is 0 Å². The Morgan fingerprint density at radius 1 is 1.20 bits per heavy atom. The zero-order valence-corrected chi connectivity index (χ0v) is 9.98. The van der Waals surface area contributed by atoms with Gasteiger partial charge in [0.05, 0.1) is 0 Å². The van der Waals surface area contributed by atoms with Gasteiger partial charge in [-0.25, -0.2) is 0 Å².